The number of carbonyl (C=O) groups excluding carboxylic acids is 1. The molecule has 1 aromatic rings. The molecule has 0 N–H and O–H groups in total. The van der Waals surface area contributed by atoms with E-state index in [0.717, 1.165) is 18.4 Å². The highest BCUT2D eigenvalue weighted by Gasteiger charge is 2.14. The highest BCUT2D eigenvalue weighted by molar-refractivity contribution is 7.90. The Morgan fingerprint density at radius 2 is 1.94 bits per heavy atom. The first-order valence-electron chi connectivity index (χ1n) is 4.45. The van der Waals surface area contributed by atoms with Gasteiger partial charge in [0.1, 0.15) is 21.5 Å². The Labute approximate surface area is 92.0 Å². The topological polar surface area (TPSA) is 51.2 Å². The van der Waals surface area contributed by atoms with Crippen molar-refractivity contribution in [3.63, 3.8) is 0 Å². The Hall–Kier alpha value is -1.30. The lowest BCUT2D eigenvalue weighted by Gasteiger charge is -2.01. The van der Waals surface area contributed by atoms with Crippen LogP contribution < -0.4 is 0 Å². The maximum atomic E-state index is 13.1. The van der Waals surface area contributed by atoms with E-state index in [2.05, 4.69) is 0 Å². The van der Waals surface area contributed by atoms with E-state index < -0.39 is 27.3 Å². The monoisotopic (exact) mass is 248 g/mol. The minimum atomic E-state index is -3.27. The van der Waals surface area contributed by atoms with Crippen molar-refractivity contribution in [2.45, 2.75) is 6.42 Å². The van der Waals surface area contributed by atoms with Crippen LogP contribution in [0.25, 0.3) is 0 Å². The standard InChI is InChI=1S/C10H10F2O3S/c1-16(14,15)5-4-10(13)8-3-2-7(11)6-9(8)12/h2-3,6H,4-5H2,1H3. The average molecular weight is 248 g/mol. The van der Waals surface area contributed by atoms with Gasteiger partial charge >= 0.3 is 0 Å². The number of hydrogen-bond donors (Lipinski definition) is 0. The number of Topliss-reactive ketones (excluding diaryl/α,β-unsaturated/α-hetero) is 1. The number of rotatable bonds is 4. The number of halogens is 2. The van der Waals surface area contributed by atoms with Crippen LogP contribution in [0.15, 0.2) is 18.2 Å². The van der Waals surface area contributed by atoms with Crippen molar-refractivity contribution in [1.29, 1.82) is 0 Å². The SMILES string of the molecule is CS(=O)(=O)CCC(=O)c1ccc(F)cc1F. The maximum Gasteiger partial charge on any atom is 0.166 e. The minimum Gasteiger partial charge on any atom is -0.294 e. The summed E-state index contributed by atoms with van der Waals surface area (Å²) in [4.78, 5) is 11.4. The average Bonchev–Trinajstić information content (AvgIpc) is 2.13. The predicted molar refractivity (Wildman–Crippen MR) is 55.0 cm³/mol. The van der Waals surface area contributed by atoms with Gasteiger partial charge in [0.15, 0.2) is 5.78 Å². The lowest BCUT2D eigenvalue weighted by atomic mass is 10.1. The third-order valence-corrected chi connectivity index (χ3v) is 2.88. The van der Waals surface area contributed by atoms with E-state index in [1.807, 2.05) is 0 Å². The molecule has 0 aliphatic rings. The number of sulfone groups is 1. The molecule has 88 valence electrons. The van der Waals surface area contributed by atoms with Crippen molar-refractivity contribution >= 4 is 15.6 Å². The van der Waals surface area contributed by atoms with Crippen LogP contribution in [0.4, 0.5) is 8.78 Å². The molecule has 0 amide bonds. The van der Waals surface area contributed by atoms with Gasteiger partial charge < -0.3 is 0 Å². The lowest BCUT2D eigenvalue weighted by Crippen LogP contribution is -2.11. The second-order valence-corrected chi connectivity index (χ2v) is 5.69. The molecule has 0 saturated heterocycles. The molecule has 0 heterocycles. The van der Waals surface area contributed by atoms with Crippen LogP contribution in [0.2, 0.25) is 0 Å². The molecular weight excluding hydrogens is 238 g/mol. The van der Waals surface area contributed by atoms with Crippen molar-refractivity contribution in [1.82, 2.24) is 0 Å². The summed E-state index contributed by atoms with van der Waals surface area (Å²) in [7, 11) is -3.27. The normalized spacial score (nSPS) is 11.4. The van der Waals surface area contributed by atoms with Crippen molar-refractivity contribution in [3.8, 4) is 0 Å². The van der Waals surface area contributed by atoms with Gasteiger partial charge in [-0.3, -0.25) is 4.79 Å². The van der Waals surface area contributed by atoms with E-state index in [9.17, 15) is 22.0 Å². The van der Waals surface area contributed by atoms with Gasteiger partial charge in [0, 0.05) is 18.7 Å². The second-order valence-electron chi connectivity index (χ2n) is 3.43. The second kappa shape index (κ2) is 4.69. The molecule has 6 heteroatoms. The van der Waals surface area contributed by atoms with E-state index in [1.54, 1.807) is 0 Å². The molecule has 0 aliphatic carbocycles. The van der Waals surface area contributed by atoms with Gasteiger partial charge in [-0.2, -0.15) is 0 Å². The zero-order valence-electron chi connectivity index (χ0n) is 8.54. The summed E-state index contributed by atoms with van der Waals surface area (Å²) in [6.45, 7) is 0. The Balaban J connectivity index is 2.82. The fourth-order valence-corrected chi connectivity index (χ4v) is 1.68. The van der Waals surface area contributed by atoms with Gasteiger partial charge in [-0.05, 0) is 12.1 Å². The fourth-order valence-electron chi connectivity index (χ4n) is 1.13. The number of ketones is 1. The van der Waals surface area contributed by atoms with Crippen molar-refractivity contribution < 1.29 is 22.0 Å². The highest BCUT2D eigenvalue weighted by Crippen LogP contribution is 2.12. The first-order chi connectivity index (χ1) is 7.29. The van der Waals surface area contributed by atoms with E-state index in [0.29, 0.717) is 6.07 Å². The zero-order valence-corrected chi connectivity index (χ0v) is 9.35. The molecular formula is C10H10F2O3S. The Kier molecular flexibility index (Phi) is 3.74. The van der Waals surface area contributed by atoms with E-state index in [4.69, 9.17) is 0 Å². The molecule has 0 atom stereocenters. The van der Waals surface area contributed by atoms with Crippen molar-refractivity contribution in [2.75, 3.05) is 12.0 Å². The molecule has 0 aliphatic heterocycles. The third kappa shape index (κ3) is 3.69. The number of carbonyl (C=O) groups is 1. The molecule has 0 unspecified atom stereocenters. The van der Waals surface area contributed by atoms with Gasteiger partial charge in [0.2, 0.25) is 0 Å². The minimum absolute atomic E-state index is 0.287. The summed E-state index contributed by atoms with van der Waals surface area (Å²) in [5.41, 5.74) is -0.287. The quantitative estimate of drug-likeness (QED) is 0.760. The molecule has 0 bridgehead atoms. The predicted octanol–water partition coefficient (Wildman–Crippen LogP) is 1.58. The van der Waals surface area contributed by atoms with Gasteiger partial charge in [-0.15, -0.1) is 0 Å². The number of hydrogen-bond acceptors (Lipinski definition) is 3. The Morgan fingerprint density at radius 3 is 2.44 bits per heavy atom. The van der Waals surface area contributed by atoms with Gasteiger partial charge in [0.25, 0.3) is 0 Å². The summed E-state index contributed by atoms with van der Waals surface area (Å²) in [5, 5.41) is 0. The molecule has 0 spiro atoms. The summed E-state index contributed by atoms with van der Waals surface area (Å²) in [5.74, 6) is -2.75. The zero-order chi connectivity index (χ0) is 12.3. The molecule has 0 saturated carbocycles. The fraction of sp³-hybridized carbons (Fsp3) is 0.300. The highest BCUT2D eigenvalue weighted by atomic mass is 32.2. The smallest absolute Gasteiger partial charge is 0.166 e. The Morgan fingerprint density at radius 1 is 1.31 bits per heavy atom. The van der Waals surface area contributed by atoms with Crippen molar-refractivity contribution in [3.05, 3.63) is 35.4 Å². The van der Waals surface area contributed by atoms with Crippen LogP contribution in [0.3, 0.4) is 0 Å². The van der Waals surface area contributed by atoms with Gasteiger partial charge in [-0.1, -0.05) is 0 Å². The van der Waals surface area contributed by atoms with Crippen LogP contribution >= 0.6 is 0 Å². The van der Waals surface area contributed by atoms with Gasteiger partial charge in [0.05, 0.1) is 11.3 Å². The summed E-state index contributed by atoms with van der Waals surface area (Å²) >= 11 is 0. The first-order valence-corrected chi connectivity index (χ1v) is 6.51. The van der Waals surface area contributed by atoms with E-state index in [-0.39, 0.29) is 17.7 Å². The van der Waals surface area contributed by atoms with Crippen LogP contribution in [0.1, 0.15) is 16.8 Å². The molecule has 0 aromatic heterocycles. The summed E-state index contributed by atoms with van der Waals surface area (Å²) in [6, 6.07) is 2.56. The van der Waals surface area contributed by atoms with Crippen LogP contribution in [0, 0.1) is 11.6 Å². The van der Waals surface area contributed by atoms with Crippen LogP contribution in [-0.2, 0) is 9.84 Å². The summed E-state index contributed by atoms with van der Waals surface area (Å²) < 4.78 is 47.2. The van der Waals surface area contributed by atoms with Crippen LogP contribution in [0.5, 0.6) is 0 Å². The lowest BCUT2D eigenvalue weighted by molar-refractivity contribution is 0.0985. The third-order valence-electron chi connectivity index (χ3n) is 1.93. The molecule has 0 radical (unpaired) electrons. The molecule has 16 heavy (non-hydrogen) atoms. The summed E-state index contributed by atoms with van der Waals surface area (Å²) in [6.07, 6.45) is 0.683. The largest absolute Gasteiger partial charge is 0.294 e. The Bertz CT molecular complexity index is 509. The molecule has 3 nitrogen and oxygen atoms in total. The van der Waals surface area contributed by atoms with E-state index >= 15 is 0 Å². The first kappa shape index (κ1) is 12.8. The molecule has 1 rings (SSSR count). The number of benzene rings is 1. The maximum absolute atomic E-state index is 13.1. The van der Waals surface area contributed by atoms with E-state index in [1.165, 1.54) is 0 Å². The molecule has 1 aromatic carbocycles. The van der Waals surface area contributed by atoms with Crippen LogP contribution in [-0.4, -0.2) is 26.2 Å². The van der Waals surface area contributed by atoms with Crippen molar-refractivity contribution in [2.24, 2.45) is 0 Å². The molecule has 0 fully saturated rings. The van der Waals surface area contributed by atoms with Gasteiger partial charge in [-0.25, -0.2) is 17.2 Å².